The van der Waals surface area contributed by atoms with E-state index < -0.39 is 0 Å². The Kier molecular flexibility index (Phi) is 7.55. The quantitative estimate of drug-likeness (QED) is 0.768. The van der Waals surface area contributed by atoms with Gasteiger partial charge in [0, 0.05) is 38.3 Å². The van der Waals surface area contributed by atoms with Crippen LogP contribution in [0.1, 0.15) is 48.7 Å². The first-order valence-corrected chi connectivity index (χ1v) is 9.16. The summed E-state index contributed by atoms with van der Waals surface area (Å²) in [5, 5.41) is 7.65. The Labute approximate surface area is 164 Å². The zero-order chi connectivity index (χ0) is 18.5. The predicted molar refractivity (Wildman–Crippen MR) is 104 cm³/mol. The van der Waals surface area contributed by atoms with Crippen LogP contribution < -0.4 is 11.1 Å². The maximum atomic E-state index is 13.0. The monoisotopic (exact) mass is 395 g/mol. The highest BCUT2D eigenvalue weighted by molar-refractivity contribution is 5.97. The number of rotatable bonds is 6. The second kappa shape index (κ2) is 9.66. The van der Waals surface area contributed by atoms with Gasteiger partial charge in [0.1, 0.15) is 0 Å². The highest BCUT2D eigenvalue weighted by atomic mass is 35.5. The molecule has 1 fully saturated rings. The topological polar surface area (TPSA) is 114 Å². The molecule has 0 aliphatic carbocycles. The maximum Gasteiger partial charge on any atom is 0.257 e. The Balaban J connectivity index is 0.00000261. The van der Waals surface area contributed by atoms with Crippen LogP contribution in [0, 0.1) is 0 Å². The van der Waals surface area contributed by atoms with Crippen molar-refractivity contribution in [1.29, 1.82) is 0 Å². The van der Waals surface area contributed by atoms with Crippen molar-refractivity contribution < 1.29 is 14.1 Å². The molecule has 0 spiro atoms. The van der Waals surface area contributed by atoms with Crippen molar-refractivity contribution in [3.63, 3.8) is 0 Å². The van der Waals surface area contributed by atoms with E-state index in [1.807, 2.05) is 11.8 Å². The van der Waals surface area contributed by atoms with Crippen LogP contribution in [-0.2, 0) is 11.2 Å². The lowest BCUT2D eigenvalue weighted by atomic mass is 10.0. The Bertz CT molecular complexity index is 794. The summed E-state index contributed by atoms with van der Waals surface area (Å²) in [6.07, 6.45) is 5.43. The largest absolute Gasteiger partial charge is 0.354 e. The molecule has 1 saturated heterocycles. The van der Waals surface area contributed by atoms with E-state index in [-0.39, 0.29) is 30.3 Å². The number of hydrogen-bond acceptors (Lipinski definition) is 6. The summed E-state index contributed by atoms with van der Waals surface area (Å²) < 4.78 is 5.19. The molecule has 2 aromatic heterocycles. The third-order valence-electron chi connectivity index (χ3n) is 4.78. The van der Waals surface area contributed by atoms with Gasteiger partial charge >= 0.3 is 0 Å². The number of carbonyl (C=O) groups is 2. The Morgan fingerprint density at radius 3 is 2.96 bits per heavy atom. The average molecular weight is 396 g/mol. The maximum absolute atomic E-state index is 13.0. The SMILES string of the molecule is CCc1noc2ncc(C(=O)N3CCCCC3CNC(=O)CCN)cc12.Cl. The number of hydrogen-bond donors (Lipinski definition) is 2. The van der Waals surface area contributed by atoms with Crippen LogP contribution in [0.15, 0.2) is 16.8 Å². The van der Waals surface area contributed by atoms with E-state index >= 15 is 0 Å². The molecular formula is C18H26ClN5O3. The lowest BCUT2D eigenvalue weighted by Gasteiger charge is -2.36. The van der Waals surface area contributed by atoms with Crippen molar-refractivity contribution in [3.05, 3.63) is 23.5 Å². The van der Waals surface area contributed by atoms with E-state index in [4.69, 9.17) is 10.3 Å². The molecule has 148 valence electrons. The molecule has 8 nitrogen and oxygen atoms in total. The molecule has 1 aliphatic rings. The molecule has 3 rings (SSSR count). The molecule has 27 heavy (non-hydrogen) atoms. The number of nitrogens with two attached hydrogens (primary N) is 1. The summed E-state index contributed by atoms with van der Waals surface area (Å²) in [5.41, 5.74) is 7.17. The Morgan fingerprint density at radius 1 is 1.41 bits per heavy atom. The Hall–Kier alpha value is -2.19. The lowest BCUT2D eigenvalue weighted by molar-refractivity contribution is -0.121. The van der Waals surface area contributed by atoms with Crippen molar-refractivity contribution in [2.45, 2.75) is 45.1 Å². The first-order valence-electron chi connectivity index (χ1n) is 9.16. The van der Waals surface area contributed by atoms with Gasteiger partial charge in [-0.1, -0.05) is 12.1 Å². The van der Waals surface area contributed by atoms with Gasteiger partial charge in [0.2, 0.25) is 5.91 Å². The van der Waals surface area contributed by atoms with Crippen molar-refractivity contribution in [1.82, 2.24) is 20.4 Å². The molecule has 1 atom stereocenters. The number of amides is 2. The zero-order valence-corrected chi connectivity index (χ0v) is 16.3. The van der Waals surface area contributed by atoms with Crippen LogP contribution in [0.25, 0.3) is 11.1 Å². The molecule has 1 aliphatic heterocycles. The van der Waals surface area contributed by atoms with Gasteiger partial charge in [-0.05, 0) is 31.7 Å². The number of aryl methyl sites for hydroxylation is 1. The van der Waals surface area contributed by atoms with Gasteiger partial charge in [0.15, 0.2) is 0 Å². The van der Waals surface area contributed by atoms with Crippen LogP contribution in [-0.4, -0.2) is 52.5 Å². The second-order valence-electron chi connectivity index (χ2n) is 6.55. The molecule has 0 saturated carbocycles. The fraction of sp³-hybridized carbons (Fsp3) is 0.556. The average Bonchev–Trinajstić information content (AvgIpc) is 3.08. The standard InChI is InChI=1S/C18H25N5O3.ClH/c1-2-15-14-9-12(10-21-17(14)26-22-15)18(25)23-8-4-3-5-13(23)11-20-16(24)6-7-19;/h9-10,13H,2-8,11,19H2,1H3,(H,20,24);1H. The number of aromatic nitrogens is 2. The van der Waals surface area contributed by atoms with Crippen molar-refractivity contribution in [2.24, 2.45) is 5.73 Å². The summed E-state index contributed by atoms with van der Waals surface area (Å²) in [6.45, 7) is 3.44. The Morgan fingerprint density at radius 2 is 2.22 bits per heavy atom. The first-order chi connectivity index (χ1) is 12.6. The van der Waals surface area contributed by atoms with Crippen LogP contribution in [0.5, 0.6) is 0 Å². The summed E-state index contributed by atoms with van der Waals surface area (Å²) in [6, 6.07) is 1.79. The molecule has 0 bridgehead atoms. The number of likely N-dealkylation sites (tertiary alicyclic amines) is 1. The summed E-state index contributed by atoms with van der Waals surface area (Å²) in [7, 11) is 0. The van der Waals surface area contributed by atoms with Gasteiger partial charge in [-0.3, -0.25) is 9.59 Å². The van der Waals surface area contributed by atoms with Crippen molar-refractivity contribution >= 4 is 35.3 Å². The normalized spacial score (nSPS) is 16.8. The highest BCUT2D eigenvalue weighted by Gasteiger charge is 2.28. The van der Waals surface area contributed by atoms with Gasteiger partial charge in [0.05, 0.1) is 16.6 Å². The molecule has 0 aromatic carbocycles. The molecule has 0 radical (unpaired) electrons. The summed E-state index contributed by atoms with van der Waals surface area (Å²) in [4.78, 5) is 30.8. The smallest absolute Gasteiger partial charge is 0.257 e. The van der Waals surface area contributed by atoms with Crippen molar-refractivity contribution in [3.8, 4) is 0 Å². The third kappa shape index (κ3) is 4.75. The molecule has 2 aromatic rings. The first kappa shape index (κ1) is 21.1. The summed E-state index contributed by atoms with van der Waals surface area (Å²) in [5.74, 6) is -0.147. The van der Waals surface area contributed by atoms with E-state index in [0.717, 1.165) is 30.3 Å². The molecular weight excluding hydrogens is 370 g/mol. The number of pyridine rings is 1. The van der Waals surface area contributed by atoms with E-state index in [1.165, 1.54) is 6.20 Å². The van der Waals surface area contributed by atoms with Gasteiger partial charge in [-0.15, -0.1) is 12.4 Å². The predicted octanol–water partition coefficient (Wildman–Crippen LogP) is 1.67. The minimum atomic E-state index is -0.0781. The molecule has 2 amide bonds. The minimum Gasteiger partial charge on any atom is -0.354 e. The fourth-order valence-electron chi connectivity index (χ4n) is 3.35. The number of fused-ring (bicyclic) bond motifs is 1. The van der Waals surface area contributed by atoms with Gasteiger partial charge in [-0.2, -0.15) is 0 Å². The van der Waals surface area contributed by atoms with E-state index in [2.05, 4.69) is 15.5 Å². The highest BCUT2D eigenvalue weighted by Crippen LogP contribution is 2.22. The zero-order valence-electron chi connectivity index (χ0n) is 15.4. The molecule has 9 heteroatoms. The number of carbonyl (C=O) groups excluding carboxylic acids is 2. The van der Waals surface area contributed by atoms with E-state index in [0.29, 0.717) is 43.8 Å². The third-order valence-corrected chi connectivity index (χ3v) is 4.78. The molecule has 3 N–H and O–H groups in total. The molecule has 3 heterocycles. The van der Waals surface area contributed by atoms with E-state index in [1.54, 1.807) is 6.07 Å². The lowest BCUT2D eigenvalue weighted by Crippen LogP contribution is -2.49. The van der Waals surface area contributed by atoms with Crippen LogP contribution >= 0.6 is 12.4 Å². The minimum absolute atomic E-state index is 0. The number of nitrogens with zero attached hydrogens (tertiary/aromatic N) is 3. The van der Waals surface area contributed by atoms with Gasteiger partial charge in [-0.25, -0.2) is 4.98 Å². The van der Waals surface area contributed by atoms with Crippen LogP contribution in [0.2, 0.25) is 0 Å². The fourth-order valence-corrected chi connectivity index (χ4v) is 3.35. The number of halogens is 1. The molecule has 1 unspecified atom stereocenters. The van der Waals surface area contributed by atoms with Gasteiger partial charge < -0.3 is 20.5 Å². The van der Waals surface area contributed by atoms with Crippen molar-refractivity contribution in [2.75, 3.05) is 19.6 Å². The second-order valence-corrected chi connectivity index (χ2v) is 6.55. The number of nitrogens with one attached hydrogen (secondary N) is 1. The van der Waals surface area contributed by atoms with E-state index in [9.17, 15) is 9.59 Å². The van der Waals surface area contributed by atoms with Crippen LogP contribution in [0.4, 0.5) is 0 Å². The van der Waals surface area contributed by atoms with Crippen LogP contribution in [0.3, 0.4) is 0 Å². The van der Waals surface area contributed by atoms with Gasteiger partial charge in [0.25, 0.3) is 11.6 Å². The number of piperidine rings is 1. The summed E-state index contributed by atoms with van der Waals surface area (Å²) >= 11 is 0.